The van der Waals surface area contributed by atoms with Gasteiger partial charge in [0, 0.05) is 13.1 Å². The van der Waals surface area contributed by atoms with Gasteiger partial charge in [0.25, 0.3) is 0 Å². The largest absolute Gasteiger partial charge is 0.393 e. The maximum atomic E-state index is 11.9. The molecule has 5 heteroatoms. The molecule has 0 aromatic carbocycles. The highest BCUT2D eigenvalue weighted by molar-refractivity contribution is 5.92. The molecule has 1 aliphatic heterocycles. The highest BCUT2D eigenvalue weighted by Crippen LogP contribution is 2.28. The molecule has 5 nitrogen and oxygen atoms in total. The van der Waals surface area contributed by atoms with Gasteiger partial charge in [0.2, 0.25) is 11.8 Å². The number of nitrogens with zero attached hydrogens (tertiary/aromatic N) is 2. The Morgan fingerprint density at radius 2 is 1.83 bits per heavy atom. The molecule has 0 bridgehead atoms. The smallest absolute Gasteiger partial charge is 0.242 e. The number of likely N-dealkylation sites (N-methyl/N-ethyl adjacent to an activating group) is 1. The van der Waals surface area contributed by atoms with Crippen LogP contribution in [0.3, 0.4) is 0 Å². The maximum Gasteiger partial charge on any atom is 0.242 e. The van der Waals surface area contributed by atoms with Crippen LogP contribution in [0, 0.1) is 5.92 Å². The molecule has 0 spiro atoms. The summed E-state index contributed by atoms with van der Waals surface area (Å²) in [5.74, 6) is 0.366. The first-order chi connectivity index (χ1) is 8.61. The molecule has 18 heavy (non-hydrogen) atoms. The summed E-state index contributed by atoms with van der Waals surface area (Å²) in [7, 11) is 0. The van der Waals surface area contributed by atoms with Crippen molar-refractivity contribution in [2.24, 2.45) is 5.92 Å². The lowest BCUT2D eigenvalue weighted by atomic mass is 10.0. The highest BCUT2D eigenvalue weighted by Gasteiger charge is 2.31. The summed E-state index contributed by atoms with van der Waals surface area (Å²) in [6, 6.07) is 0. The number of hydrogen-bond donors (Lipinski definition) is 1. The molecule has 2 atom stereocenters. The fraction of sp³-hybridized carbons (Fsp3) is 0.846. The van der Waals surface area contributed by atoms with E-state index in [0.29, 0.717) is 19.0 Å². The second-order valence-corrected chi connectivity index (χ2v) is 5.27. The topological polar surface area (TPSA) is 60.9 Å². The van der Waals surface area contributed by atoms with E-state index in [1.54, 1.807) is 9.80 Å². The minimum absolute atomic E-state index is 0.0314. The molecular formula is C13H22N2O3. The van der Waals surface area contributed by atoms with E-state index >= 15 is 0 Å². The Bertz CT molecular complexity index is 332. The SMILES string of the molecule is CCN1CC(=O)N(CCC2CCCC2O)CC1=O. The zero-order valence-corrected chi connectivity index (χ0v) is 11.0. The normalized spacial score (nSPS) is 29.2. The van der Waals surface area contributed by atoms with Crippen LogP contribution >= 0.6 is 0 Å². The van der Waals surface area contributed by atoms with Crippen LogP contribution in [0.4, 0.5) is 0 Å². The van der Waals surface area contributed by atoms with Gasteiger partial charge in [0.05, 0.1) is 19.2 Å². The standard InChI is InChI=1S/C13H22N2O3/c1-2-14-8-13(18)15(9-12(14)17)7-6-10-4-3-5-11(10)16/h10-11,16H,2-9H2,1H3. The predicted octanol–water partition coefficient (Wildman–Crippen LogP) is 0.228. The lowest BCUT2D eigenvalue weighted by molar-refractivity contribution is -0.150. The van der Waals surface area contributed by atoms with Gasteiger partial charge in [0.1, 0.15) is 0 Å². The minimum atomic E-state index is -0.215. The molecule has 1 heterocycles. The molecule has 1 saturated heterocycles. The van der Waals surface area contributed by atoms with E-state index in [9.17, 15) is 14.7 Å². The Morgan fingerprint density at radius 3 is 2.44 bits per heavy atom. The van der Waals surface area contributed by atoms with Crippen LogP contribution in [0.15, 0.2) is 0 Å². The molecule has 1 N–H and O–H groups in total. The molecule has 2 rings (SSSR count). The zero-order valence-electron chi connectivity index (χ0n) is 11.0. The molecule has 2 aliphatic rings. The number of amides is 2. The molecular weight excluding hydrogens is 232 g/mol. The molecule has 2 amide bonds. The van der Waals surface area contributed by atoms with Gasteiger partial charge in [-0.05, 0) is 32.1 Å². The van der Waals surface area contributed by atoms with Crippen molar-refractivity contribution in [3.05, 3.63) is 0 Å². The molecule has 2 fully saturated rings. The van der Waals surface area contributed by atoms with Crippen molar-refractivity contribution < 1.29 is 14.7 Å². The third-order valence-electron chi connectivity index (χ3n) is 4.13. The average molecular weight is 254 g/mol. The Labute approximate surface area is 108 Å². The van der Waals surface area contributed by atoms with Crippen molar-refractivity contribution in [2.45, 2.75) is 38.7 Å². The summed E-state index contributed by atoms with van der Waals surface area (Å²) in [6.07, 6.45) is 3.58. The van der Waals surface area contributed by atoms with E-state index in [1.807, 2.05) is 6.92 Å². The van der Waals surface area contributed by atoms with Crippen LogP contribution in [0.25, 0.3) is 0 Å². The van der Waals surface area contributed by atoms with Crippen molar-refractivity contribution in [3.8, 4) is 0 Å². The van der Waals surface area contributed by atoms with Gasteiger partial charge in [-0.25, -0.2) is 0 Å². The van der Waals surface area contributed by atoms with Crippen LogP contribution in [0.5, 0.6) is 0 Å². The van der Waals surface area contributed by atoms with Gasteiger partial charge >= 0.3 is 0 Å². The quantitative estimate of drug-likeness (QED) is 0.781. The Balaban J connectivity index is 1.82. The van der Waals surface area contributed by atoms with E-state index < -0.39 is 0 Å². The Morgan fingerprint density at radius 1 is 1.17 bits per heavy atom. The van der Waals surface area contributed by atoms with E-state index in [-0.39, 0.29) is 31.0 Å². The summed E-state index contributed by atoms with van der Waals surface area (Å²) in [5, 5.41) is 9.74. The van der Waals surface area contributed by atoms with Crippen molar-refractivity contribution in [1.29, 1.82) is 0 Å². The van der Waals surface area contributed by atoms with E-state index in [0.717, 1.165) is 25.7 Å². The van der Waals surface area contributed by atoms with Crippen LogP contribution in [0.1, 0.15) is 32.6 Å². The Kier molecular flexibility index (Phi) is 4.22. The maximum absolute atomic E-state index is 11.9. The minimum Gasteiger partial charge on any atom is -0.393 e. The van der Waals surface area contributed by atoms with E-state index in [1.165, 1.54) is 0 Å². The van der Waals surface area contributed by atoms with Gasteiger partial charge in [-0.3, -0.25) is 9.59 Å². The van der Waals surface area contributed by atoms with Gasteiger partial charge in [-0.1, -0.05) is 6.42 Å². The molecule has 0 aromatic rings. The number of carbonyl (C=O) groups is 2. The van der Waals surface area contributed by atoms with Crippen LogP contribution in [0.2, 0.25) is 0 Å². The second-order valence-electron chi connectivity index (χ2n) is 5.27. The number of rotatable bonds is 4. The average Bonchev–Trinajstić information content (AvgIpc) is 2.75. The number of aliphatic hydroxyl groups excluding tert-OH is 1. The number of aliphatic hydroxyl groups is 1. The predicted molar refractivity (Wildman–Crippen MR) is 66.8 cm³/mol. The molecule has 2 unspecified atom stereocenters. The Hall–Kier alpha value is -1.10. The number of carbonyl (C=O) groups excluding carboxylic acids is 2. The second kappa shape index (κ2) is 5.69. The highest BCUT2D eigenvalue weighted by atomic mass is 16.3. The first kappa shape index (κ1) is 13.3. The fourth-order valence-electron chi connectivity index (χ4n) is 2.87. The molecule has 0 radical (unpaired) electrons. The van der Waals surface area contributed by atoms with Gasteiger partial charge < -0.3 is 14.9 Å². The summed E-state index contributed by atoms with van der Waals surface area (Å²) in [6.45, 7) is 3.50. The first-order valence-corrected chi connectivity index (χ1v) is 6.85. The molecule has 1 saturated carbocycles. The summed E-state index contributed by atoms with van der Waals surface area (Å²) < 4.78 is 0. The van der Waals surface area contributed by atoms with Gasteiger partial charge in [0.15, 0.2) is 0 Å². The zero-order chi connectivity index (χ0) is 13.1. The lowest BCUT2D eigenvalue weighted by Crippen LogP contribution is -2.53. The summed E-state index contributed by atoms with van der Waals surface area (Å²) in [4.78, 5) is 26.8. The third kappa shape index (κ3) is 2.83. The van der Waals surface area contributed by atoms with E-state index in [4.69, 9.17) is 0 Å². The van der Waals surface area contributed by atoms with Crippen LogP contribution < -0.4 is 0 Å². The lowest BCUT2D eigenvalue weighted by Gasteiger charge is -2.34. The van der Waals surface area contributed by atoms with Gasteiger partial charge in [-0.2, -0.15) is 0 Å². The van der Waals surface area contributed by atoms with Crippen molar-refractivity contribution in [1.82, 2.24) is 9.80 Å². The van der Waals surface area contributed by atoms with Crippen LogP contribution in [-0.4, -0.2) is 59.0 Å². The van der Waals surface area contributed by atoms with Crippen molar-refractivity contribution in [2.75, 3.05) is 26.2 Å². The van der Waals surface area contributed by atoms with Crippen molar-refractivity contribution >= 4 is 11.8 Å². The number of piperazine rings is 1. The summed E-state index contributed by atoms with van der Waals surface area (Å²) in [5.41, 5.74) is 0. The van der Waals surface area contributed by atoms with Gasteiger partial charge in [-0.15, -0.1) is 0 Å². The molecule has 0 aromatic heterocycles. The summed E-state index contributed by atoms with van der Waals surface area (Å²) >= 11 is 0. The number of hydrogen-bond acceptors (Lipinski definition) is 3. The van der Waals surface area contributed by atoms with E-state index in [2.05, 4.69) is 0 Å². The third-order valence-corrected chi connectivity index (χ3v) is 4.13. The molecule has 102 valence electrons. The monoisotopic (exact) mass is 254 g/mol. The molecule has 1 aliphatic carbocycles. The fourth-order valence-corrected chi connectivity index (χ4v) is 2.87. The van der Waals surface area contributed by atoms with Crippen molar-refractivity contribution in [3.63, 3.8) is 0 Å². The first-order valence-electron chi connectivity index (χ1n) is 6.85. The van der Waals surface area contributed by atoms with Crippen LogP contribution in [-0.2, 0) is 9.59 Å².